The average Bonchev–Trinajstić information content (AvgIpc) is 3.97. The Morgan fingerprint density at radius 1 is 1.08 bits per heavy atom. The zero-order valence-corrected chi connectivity index (χ0v) is 29.2. The van der Waals surface area contributed by atoms with Gasteiger partial charge in [-0.25, -0.2) is 12.7 Å². The van der Waals surface area contributed by atoms with Crippen molar-refractivity contribution in [2.24, 2.45) is 22.7 Å². The highest BCUT2D eigenvalue weighted by Crippen LogP contribution is 2.59. The SMILES string of the molecule is CCCCC1=NC2(CC3CC3C2)C(=O)N1Cc1ccc(-c2ccccc2S(=O)(=O)N(COC)c2noc(C)c2C)c(COCC2CC2)c1. The summed E-state index contributed by atoms with van der Waals surface area (Å²) in [6.07, 6.45) is 8.15. The van der Waals surface area contributed by atoms with Crippen molar-refractivity contribution in [3.8, 4) is 11.1 Å². The summed E-state index contributed by atoms with van der Waals surface area (Å²) in [6.45, 7) is 6.89. The van der Waals surface area contributed by atoms with Crippen LogP contribution in [0, 0.1) is 31.6 Å². The van der Waals surface area contributed by atoms with Crippen LogP contribution in [0.1, 0.15) is 80.7 Å². The second kappa shape index (κ2) is 13.1. The second-order valence-corrected chi connectivity index (χ2v) is 16.0. The van der Waals surface area contributed by atoms with E-state index in [0.717, 1.165) is 58.9 Å². The van der Waals surface area contributed by atoms with Crippen LogP contribution in [-0.2, 0) is 37.4 Å². The number of fused-ring (bicyclic) bond motifs is 1. The lowest BCUT2D eigenvalue weighted by Gasteiger charge is -2.25. The first kappa shape index (κ1) is 33.0. The number of ether oxygens (including phenoxy) is 2. The number of hydrogen-bond acceptors (Lipinski definition) is 8. The van der Waals surface area contributed by atoms with Crippen LogP contribution in [0.4, 0.5) is 5.82 Å². The van der Waals surface area contributed by atoms with Crippen molar-refractivity contribution < 1.29 is 27.2 Å². The molecule has 7 rings (SSSR count). The van der Waals surface area contributed by atoms with Gasteiger partial charge >= 0.3 is 0 Å². The van der Waals surface area contributed by atoms with Crippen molar-refractivity contribution in [1.29, 1.82) is 0 Å². The molecule has 10 nitrogen and oxygen atoms in total. The molecule has 0 radical (unpaired) electrons. The molecule has 3 aliphatic carbocycles. The standard InChI is InChI=1S/C37H46N4O6S/c1-5-6-11-34-38-37(18-28-17-29(28)19-37)36(42)40(34)20-27-14-15-31(30(16-27)22-46-21-26-12-13-26)32-9-7-8-10-33(32)48(43,44)41(23-45-4)35-24(2)25(3)47-39-35/h7-10,14-16,26,28-29H,5-6,11-13,17-23H2,1-4H3. The Labute approximate surface area is 283 Å². The summed E-state index contributed by atoms with van der Waals surface area (Å²) in [5.41, 5.74) is 3.21. The van der Waals surface area contributed by atoms with E-state index in [1.165, 1.54) is 26.4 Å². The minimum Gasteiger partial charge on any atom is -0.376 e. The van der Waals surface area contributed by atoms with Gasteiger partial charge in [-0.15, -0.1) is 0 Å². The summed E-state index contributed by atoms with van der Waals surface area (Å²) in [6, 6.07) is 13.0. The lowest BCUT2D eigenvalue weighted by molar-refractivity contribution is -0.131. The predicted octanol–water partition coefficient (Wildman–Crippen LogP) is 6.78. The number of nitrogens with zero attached hydrogens (tertiary/aromatic N) is 4. The molecule has 11 heteroatoms. The molecule has 1 aromatic heterocycles. The number of anilines is 1. The van der Waals surface area contributed by atoms with E-state index in [4.69, 9.17) is 19.0 Å². The van der Waals surface area contributed by atoms with E-state index in [1.807, 2.05) is 29.2 Å². The number of carbonyl (C=O) groups excluding carboxylic acids is 1. The quantitative estimate of drug-likeness (QED) is 0.163. The van der Waals surface area contributed by atoms with E-state index in [0.29, 0.717) is 54.4 Å². The normalized spacial score (nSPS) is 23.2. The highest BCUT2D eigenvalue weighted by Gasteiger charge is 2.61. The van der Waals surface area contributed by atoms with E-state index in [1.54, 1.807) is 26.0 Å². The minimum absolute atomic E-state index is 0.128. The Morgan fingerprint density at radius 3 is 2.54 bits per heavy atom. The van der Waals surface area contributed by atoms with E-state index >= 15 is 0 Å². The number of methoxy groups -OCH3 is 1. The first-order valence-electron chi connectivity index (χ1n) is 17.3. The number of amidine groups is 1. The number of amides is 1. The molecule has 2 unspecified atom stereocenters. The molecule has 2 aromatic carbocycles. The van der Waals surface area contributed by atoms with Crippen LogP contribution < -0.4 is 4.31 Å². The maximum absolute atomic E-state index is 14.4. The summed E-state index contributed by atoms with van der Waals surface area (Å²) in [7, 11) is -2.68. The zero-order valence-electron chi connectivity index (χ0n) is 28.4. The van der Waals surface area contributed by atoms with E-state index in [9.17, 15) is 13.2 Å². The smallest absolute Gasteiger partial charge is 0.268 e. The van der Waals surface area contributed by atoms with Crippen LogP contribution in [0.3, 0.4) is 0 Å². The van der Waals surface area contributed by atoms with Crippen molar-refractivity contribution in [1.82, 2.24) is 10.1 Å². The maximum Gasteiger partial charge on any atom is 0.268 e. The third-order valence-corrected chi connectivity index (χ3v) is 12.3. The van der Waals surface area contributed by atoms with Gasteiger partial charge in [0.15, 0.2) is 5.82 Å². The van der Waals surface area contributed by atoms with Crippen molar-refractivity contribution in [3.05, 3.63) is 64.9 Å². The van der Waals surface area contributed by atoms with Crippen LogP contribution >= 0.6 is 0 Å². The highest BCUT2D eigenvalue weighted by atomic mass is 32.2. The Balaban J connectivity index is 1.23. The lowest BCUT2D eigenvalue weighted by atomic mass is 9.93. The number of aromatic nitrogens is 1. The predicted molar refractivity (Wildman–Crippen MR) is 183 cm³/mol. The van der Waals surface area contributed by atoms with Crippen molar-refractivity contribution in [3.63, 3.8) is 0 Å². The van der Waals surface area contributed by atoms with Gasteiger partial charge in [0.05, 0.1) is 18.0 Å². The molecule has 1 amide bonds. The van der Waals surface area contributed by atoms with Gasteiger partial charge in [-0.1, -0.05) is 54.9 Å². The Kier molecular flexibility index (Phi) is 8.97. The molecule has 3 aromatic rings. The molecule has 256 valence electrons. The molecule has 1 spiro atoms. The first-order valence-corrected chi connectivity index (χ1v) is 18.7. The fourth-order valence-electron chi connectivity index (χ4n) is 7.40. The monoisotopic (exact) mass is 674 g/mol. The van der Waals surface area contributed by atoms with Gasteiger partial charge in [0.25, 0.3) is 15.9 Å². The van der Waals surface area contributed by atoms with Gasteiger partial charge in [-0.2, -0.15) is 0 Å². The van der Waals surface area contributed by atoms with E-state index in [-0.39, 0.29) is 23.4 Å². The van der Waals surface area contributed by atoms with E-state index < -0.39 is 15.6 Å². The topological polar surface area (TPSA) is 115 Å². The highest BCUT2D eigenvalue weighted by molar-refractivity contribution is 7.93. The Morgan fingerprint density at radius 2 is 1.85 bits per heavy atom. The molecule has 0 N–H and O–H groups in total. The summed E-state index contributed by atoms with van der Waals surface area (Å²) < 4.78 is 46.8. The number of sulfonamides is 1. The van der Waals surface area contributed by atoms with Crippen molar-refractivity contribution >= 4 is 27.6 Å². The molecule has 3 saturated carbocycles. The van der Waals surface area contributed by atoms with Crippen LogP contribution in [0.5, 0.6) is 0 Å². The number of aryl methyl sites for hydroxylation is 1. The number of hydrogen-bond donors (Lipinski definition) is 0. The summed E-state index contributed by atoms with van der Waals surface area (Å²) in [5, 5.41) is 4.06. The van der Waals surface area contributed by atoms with E-state index in [2.05, 4.69) is 18.1 Å². The Hall–Kier alpha value is -3.54. The molecule has 4 aliphatic rings. The summed E-state index contributed by atoms with van der Waals surface area (Å²) >= 11 is 0. The molecule has 48 heavy (non-hydrogen) atoms. The molecule has 3 fully saturated rings. The van der Waals surface area contributed by atoms with Crippen molar-refractivity contribution in [2.75, 3.05) is 24.8 Å². The molecule has 2 heterocycles. The summed E-state index contributed by atoms with van der Waals surface area (Å²) in [4.78, 5) is 21.2. The Bertz CT molecular complexity index is 1820. The number of aliphatic imine (C=N–C) groups is 1. The molecule has 0 bridgehead atoms. The fourth-order valence-corrected chi connectivity index (χ4v) is 8.99. The van der Waals surface area contributed by atoms with Crippen LogP contribution in [0.15, 0.2) is 56.9 Å². The summed E-state index contributed by atoms with van der Waals surface area (Å²) in [5.74, 6) is 3.66. The third kappa shape index (κ3) is 6.20. The minimum atomic E-state index is -4.13. The zero-order chi connectivity index (χ0) is 33.6. The fraction of sp³-hybridized carbons (Fsp3) is 0.541. The largest absolute Gasteiger partial charge is 0.376 e. The van der Waals surface area contributed by atoms with Crippen LogP contribution in [0.25, 0.3) is 11.1 Å². The van der Waals surface area contributed by atoms with Crippen molar-refractivity contribution in [2.45, 2.75) is 95.7 Å². The molecule has 2 atom stereocenters. The first-order chi connectivity index (χ1) is 23.1. The molecule has 0 saturated heterocycles. The maximum atomic E-state index is 14.4. The van der Waals surface area contributed by atoms with Gasteiger partial charge in [-0.3, -0.25) is 14.7 Å². The van der Waals surface area contributed by atoms with Gasteiger partial charge in [-0.05, 0) is 92.9 Å². The molecular weight excluding hydrogens is 628 g/mol. The molecular formula is C37H46N4O6S. The number of benzene rings is 2. The lowest BCUT2D eigenvalue weighted by Crippen LogP contribution is -2.41. The van der Waals surface area contributed by atoms with Crippen LogP contribution in [0.2, 0.25) is 0 Å². The third-order valence-electron chi connectivity index (χ3n) is 10.5. The van der Waals surface area contributed by atoms with Gasteiger partial charge < -0.3 is 14.0 Å². The van der Waals surface area contributed by atoms with Gasteiger partial charge in [0, 0.05) is 31.3 Å². The number of unbranched alkanes of at least 4 members (excludes halogenated alkanes) is 1. The average molecular weight is 675 g/mol. The van der Waals surface area contributed by atoms with Gasteiger partial charge in [0.2, 0.25) is 0 Å². The number of rotatable bonds is 15. The number of carbonyl (C=O) groups is 1. The molecule has 1 aliphatic heterocycles. The van der Waals surface area contributed by atoms with Gasteiger partial charge in [0.1, 0.15) is 23.9 Å². The van der Waals surface area contributed by atoms with Crippen LogP contribution in [-0.4, -0.2) is 56.2 Å². The second-order valence-electron chi connectivity index (χ2n) is 14.1.